The van der Waals surface area contributed by atoms with E-state index in [0.29, 0.717) is 12.0 Å². The Morgan fingerprint density at radius 1 is 1.20 bits per heavy atom. The number of nitrogens with zero attached hydrogens (tertiary/aromatic N) is 1. The lowest BCUT2D eigenvalue weighted by Gasteiger charge is -2.28. The molecule has 1 N–H and O–H groups in total. The van der Waals surface area contributed by atoms with Crippen LogP contribution in [0.4, 0.5) is 0 Å². The fourth-order valence-electron chi connectivity index (χ4n) is 2.26. The molecule has 0 amide bonds. The number of hydrogen-bond donors (Lipinski definition) is 1. The van der Waals surface area contributed by atoms with Crippen LogP contribution < -0.4 is 10.1 Å². The molecule has 0 radical (unpaired) electrons. The summed E-state index contributed by atoms with van der Waals surface area (Å²) in [5.74, 6) is 1.65. The van der Waals surface area contributed by atoms with Crippen molar-refractivity contribution in [2.45, 2.75) is 40.3 Å². The fraction of sp³-hybridized carbons (Fsp3) is 0.647. The Labute approximate surface area is 124 Å². The van der Waals surface area contributed by atoms with Gasteiger partial charge in [0.2, 0.25) is 0 Å². The Balaban J connectivity index is 2.43. The molecule has 0 heterocycles. The third-order valence-corrected chi connectivity index (χ3v) is 3.26. The molecular formula is C17H30N2O. The van der Waals surface area contributed by atoms with Gasteiger partial charge in [-0.3, -0.25) is 4.90 Å². The van der Waals surface area contributed by atoms with Crippen molar-refractivity contribution in [1.82, 2.24) is 10.2 Å². The van der Waals surface area contributed by atoms with E-state index in [1.807, 2.05) is 13.1 Å². The van der Waals surface area contributed by atoms with Crippen LogP contribution in [-0.4, -0.2) is 37.7 Å². The average molecular weight is 278 g/mol. The molecule has 20 heavy (non-hydrogen) atoms. The molecule has 1 aromatic rings. The van der Waals surface area contributed by atoms with Crippen molar-refractivity contribution in [3.63, 3.8) is 0 Å². The van der Waals surface area contributed by atoms with Crippen molar-refractivity contribution >= 4 is 0 Å². The Morgan fingerprint density at radius 2 is 1.95 bits per heavy atom. The Bertz CT molecular complexity index is 377. The molecule has 114 valence electrons. The minimum atomic E-state index is 0.566. The average Bonchev–Trinajstić information content (AvgIpc) is 2.38. The van der Waals surface area contributed by atoms with Gasteiger partial charge < -0.3 is 10.1 Å². The van der Waals surface area contributed by atoms with Crippen LogP contribution in [0, 0.1) is 5.92 Å². The predicted molar refractivity (Wildman–Crippen MR) is 86.2 cm³/mol. The van der Waals surface area contributed by atoms with Crippen molar-refractivity contribution in [1.29, 1.82) is 0 Å². The highest BCUT2D eigenvalue weighted by molar-refractivity contribution is 5.28. The smallest absolute Gasteiger partial charge is 0.119 e. The highest BCUT2D eigenvalue weighted by Gasteiger charge is 2.11. The summed E-state index contributed by atoms with van der Waals surface area (Å²) >= 11 is 0. The van der Waals surface area contributed by atoms with Crippen molar-refractivity contribution in [2.24, 2.45) is 5.92 Å². The summed E-state index contributed by atoms with van der Waals surface area (Å²) in [6.07, 6.45) is 0. The molecule has 0 unspecified atom stereocenters. The molecule has 1 aromatic carbocycles. The minimum Gasteiger partial charge on any atom is -0.492 e. The summed E-state index contributed by atoms with van der Waals surface area (Å²) in [7, 11) is 1.96. The van der Waals surface area contributed by atoms with E-state index in [-0.39, 0.29) is 0 Å². The van der Waals surface area contributed by atoms with E-state index in [2.05, 4.69) is 56.1 Å². The lowest BCUT2D eigenvalue weighted by molar-refractivity contribution is 0.160. The SMILES string of the molecule is CNCc1cccc(OCCN(CC(C)C)C(C)C)c1. The van der Waals surface area contributed by atoms with Gasteiger partial charge in [0.1, 0.15) is 12.4 Å². The minimum absolute atomic E-state index is 0.566. The quantitative estimate of drug-likeness (QED) is 0.751. The largest absolute Gasteiger partial charge is 0.492 e. The first kappa shape index (κ1) is 17.0. The van der Waals surface area contributed by atoms with E-state index in [0.717, 1.165) is 32.0 Å². The molecule has 3 nitrogen and oxygen atoms in total. The zero-order valence-electron chi connectivity index (χ0n) is 13.6. The van der Waals surface area contributed by atoms with Gasteiger partial charge in [-0.2, -0.15) is 0 Å². The third-order valence-electron chi connectivity index (χ3n) is 3.26. The first-order valence-corrected chi connectivity index (χ1v) is 7.63. The molecule has 0 spiro atoms. The van der Waals surface area contributed by atoms with Crippen LogP contribution in [0.15, 0.2) is 24.3 Å². The van der Waals surface area contributed by atoms with Crippen molar-refractivity contribution in [3.8, 4) is 5.75 Å². The first-order valence-electron chi connectivity index (χ1n) is 7.63. The number of ether oxygens (including phenoxy) is 1. The molecule has 0 aliphatic heterocycles. The molecule has 0 aromatic heterocycles. The van der Waals surface area contributed by atoms with Gasteiger partial charge in [-0.05, 0) is 44.5 Å². The molecule has 0 aliphatic carbocycles. The molecule has 3 heteroatoms. The number of benzene rings is 1. The topological polar surface area (TPSA) is 24.5 Å². The Hall–Kier alpha value is -1.06. The van der Waals surface area contributed by atoms with Gasteiger partial charge in [-0.1, -0.05) is 26.0 Å². The van der Waals surface area contributed by atoms with Crippen LogP contribution in [0.5, 0.6) is 5.75 Å². The fourth-order valence-corrected chi connectivity index (χ4v) is 2.26. The molecule has 0 atom stereocenters. The van der Waals surface area contributed by atoms with Gasteiger partial charge >= 0.3 is 0 Å². The first-order chi connectivity index (χ1) is 9.52. The Morgan fingerprint density at radius 3 is 2.55 bits per heavy atom. The molecule has 0 saturated heterocycles. The van der Waals surface area contributed by atoms with Gasteiger partial charge in [0.05, 0.1) is 0 Å². The third kappa shape index (κ3) is 6.40. The lowest BCUT2D eigenvalue weighted by Crippen LogP contribution is -2.37. The summed E-state index contributed by atoms with van der Waals surface area (Å²) in [5, 5.41) is 3.16. The zero-order chi connectivity index (χ0) is 15.0. The molecule has 0 fully saturated rings. The van der Waals surface area contributed by atoms with Crippen LogP contribution >= 0.6 is 0 Å². The van der Waals surface area contributed by atoms with Crippen LogP contribution in [0.1, 0.15) is 33.3 Å². The molecular weight excluding hydrogens is 248 g/mol. The standard InChI is InChI=1S/C17H30N2O/c1-14(2)13-19(15(3)4)9-10-20-17-8-6-7-16(11-17)12-18-5/h6-8,11,14-15,18H,9-10,12-13H2,1-5H3. The van der Waals surface area contributed by atoms with Gasteiger partial charge in [-0.15, -0.1) is 0 Å². The lowest BCUT2D eigenvalue weighted by atomic mass is 10.2. The van der Waals surface area contributed by atoms with E-state index in [9.17, 15) is 0 Å². The zero-order valence-corrected chi connectivity index (χ0v) is 13.6. The van der Waals surface area contributed by atoms with Crippen molar-refractivity contribution in [2.75, 3.05) is 26.7 Å². The maximum atomic E-state index is 5.89. The summed E-state index contributed by atoms with van der Waals surface area (Å²) in [5.41, 5.74) is 1.26. The van der Waals surface area contributed by atoms with E-state index in [1.165, 1.54) is 5.56 Å². The number of nitrogens with one attached hydrogen (secondary N) is 1. The Kier molecular flexibility index (Phi) is 7.63. The van der Waals surface area contributed by atoms with E-state index < -0.39 is 0 Å². The maximum absolute atomic E-state index is 5.89. The normalized spacial score (nSPS) is 11.6. The van der Waals surface area contributed by atoms with Crippen LogP contribution in [0.3, 0.4) is 0 Å². The van der Waals surface area contributed by atoms with E-state index in [1.54, 1.807) is 0 Å². The predicted octanol–water partition coefficient (Wildman–Crippen LogP) is 3.15. The highest BCUT2D eigenvalue weighted by atomic mass is 16.5. The van der Waals surface area contributed by atoms with Crippen molar-refractivity contribution < 1.29 is 4.74 Å². The summed E-state index contributed by atoms with van der Waals surface area (Å²) in [6.45, 7) is 12.7. The second-order valence-electron chi connectivity index (χ2n) is 6.01. The van der Waals surface area contributed by atoms with Gasteiger partial charge in [0.15, 0.2) is 0 Å². The highest BCUT2D eigenvalue weighted by Crippen LogP contribution is 2.13. The van der Waals surface area contributed by atoms with Crippen LogP contribution in [0.25, 0.3) is 0 Å². The maximum Gasteiger partial charge on any atom is 0.119 e. The second kappa shape index (κ2) is 8.98. The monoisotopic (exact) mass is 278 g/mol. The van der Waals surface area contributed by atoms with E-state index >= 15 is 0 Å². The van der Waals surface area contributed by atoms with Crippen LogP contribution in [-0.2, 0) is 6.54 Å². The summed E-state index contributed by atoms with van der Waals surface area (Å²) < 4.78 is 5.89. The summed E-state index contributed by atoms with van der Waals surface area (Å²) in [4.78, 5) is 2.47. The van der Waals surface area contributed by atoms with Gasteiger partial charge in [-0.25, -0.2) is 0 Å². The number of rotatable bonds is 9. The van der Waals surface area contributed by atoms with Crippen LogP contribution in [0.2, 0.25) is 0 Å². The molecule has 0 aliphatic rings. The molecule has 0 bridgehead atoms. The van der Waals surface area contributed by atoms with Gasteiger partial charge in [0.25, 0.3) is 0 Å². The van der Waals surface area contributed by atoms with E-state index in [4.69, 9.17) is 4.74 Å². The van der Waals surface area contributed by atoms with Crippen molar-refractivity contribution in [3.05, 3.63) is 29.8 Å². The summed E-state index contributed by atoms with van der Waals surface area (Å²) in [6, 6.07) is 8.87. The number of hydrogen-bond acceptors (Lipinski definition) is 3. The second-order valence-corrected chi connectivity index (χ2v) is 6.01. The molecule has 1 rings (SSSR count). The molecule has 0 saturated carbocycles. The van der Waals surface area contributed by atoms with Gasteiger partial charge in [0, 0.05) is 25.7 Å².